The molecule has 296 valence electrons. The third kappa shape index (κ3) is 6.76. The molecule has 0 fully saturated rings. The van der Waals surface area contributed by atoms with Gasteiger partial charge in [0, 0.05) is 33.0 Å². The van der Waals surface area contributed by atoms with Gasteiger partial charge in [0.05, 0.1) is 51.3 Å². The molecule has 0 amide bonds. The Morgan fingerprint density at radius 3 is 1.03 bits per heavy atom. The van der Waals surface area contributed by atoms with Crippen molar-refractivity contribution in [1.29, 1.82) is 0 Å². The fourth-order valence-corrected chi connectivity index (χ4v) is 8.49. The number of aliphatic imine (C=N–C) groups is 2. The second-order valence-electron chi connectivity index (χ2n) is 14.8. The highest BCUT2D eigenvalue weighted by molar-refractivity contribution is 6.32. The van der Waals surface area contributed by atoms with E-state index in [1.165, 1.54) is 0 Å². The Hall–Kier alpha value is -7.90. The zero-order chi connectivity index (χ0) is 41.5. The van der Waals surface area contributed by atoms with E-state index in [1.54, 1.807) is 28.4 Å². The van der Waals surface area contributed by atoms with Crippen molar-refractivity contribution < 1.29 is 18.9 Å². The Bertz CT molecular complexity index is 2920. The molecule has 0 spiro atoms. The lowest BCUT2D eigenvalue weighted by Crippen LogP contribution is -2.21. The monoisotopic (exact) mass is 795 g/mol. The van der Waals surface area contributed by atoms with Crippen LogP contribution in [-0.2, 0) is 0 Å². The van der Waals surface area contributed by atoms with E-state index in [9.17, 15) is 0 Å². The first-order valence-electron chi connectivity index (χ1n) is 20.1. The molecule has 4 heterocycles. The number of rotatable bonds is 8. The molecule has 0 unspecified atom stereocenters. The summed E-state index contributed by atoms with van der Waals surface area (Å²) in [6, 6.07) is 50.1. The first-order valence-corrected chi connectivity index (χ1v) is 20.1. The van der Waals surface area contributed by atoms with E-state index >= 15 is 0 Å². The highest BCUT2D eigenvalue weighted by atomic mass is 16.5. The average molecular weight is 796 g/mol. The third-order valence-corrected chi connectivity index (χ3v) is 11.5. The molecule has 8 bridgehead atoms. The molecule has 7 nitrogen and oxygen atoms in total. The molecule has 1 N–H and O–H groups in total. The third-order valence-electron chi connectivity index (χ3n) is 11.5. The van der Waals surface area contributed by atoms with Crippen molar-refractivity contribution in [3.63, 3.8) is 0 Å². The molecular formula is C54H41N3O4. The van der Waals surface area contributed by atoms with E-state index in [1.807, 2.05) is 48.5 Å². The van der Waals surface area contributed by atoms with Crippen molar-refractivity contribution >= 4 is 33.7 Å². The van der Waals surface area contributed by atoms with Gasteiger partial charge in [0.2, 0.25) is 0 Å². The average Bonchev–Trinajstić information content (AvgIpc) is 4.12. The number of nitrogens with zero attached hydrogens (tertiary/aromatic N) is 2. The summed E-state index contributed by atoms with van der Waals surface area (Å²) < 4.78 is 22.4. The highest BCUT2D eigenvalue weighted by Gasteiger charge is 2.28. The van der Waals surface area contributed by atoms with E-state index in [0.29, 0.717) is 0 Å². The molecule has 0 saturated carbocycles. The molecule has 61 heavy (non-hydrogen) atoms. The van der Waals surface area contributed by atoms with E-state index in [4.69, 9.17) is 28.9 Å². The number of hydrogen-bond donors (Lipinski definition) is 1. The lowest BCUT2D eigenvalue weighted by atomic mass is 9.93. The van der Waals surface area contributed by atoms with Gasteiger partial charge in [-0.1, -0.05) is 78.9 Å². The molecule has 5 aromatic rings. The smallest absolute Gasteiger partial charge is 0.118 e. The van der Waals surface area contributed by atoms with Crippen molar-refractivity contribution in [3.8, 4) is 34.1 Å². The molecule has 2 aliphatic carbocycles. The fraction of sp³-hybridized carbons (Fsp3) is 0.0741. The molecule has 0 saturated heterocycles. The number of H-pyrrole nitrogens is 1. The Morgan fingerprint density at radius 1 is 0.344 bits per heavy atom. The molecule has 4 aromatic carbocycles. The van der Waals surface area contributed by atoms with Crippen LogP contribution in [0.25, 0.3) is 33.4 Å². The fourth-order valence-electron chi connectivity index (χ4n) is 8.49. The number of ether oxygens (including phenoxy) is 4. The molecule has 10 rings (SSSR count). The van der Waals surface area contributed by atoms with E-state index < -0.39 is 0 Å². The van der Waals surface area contributed by atoms with Crippen molar-refractivity contribution in [2.75, 3.05) is 28.4 Å². The van der Waals surface area contributed by atoms with E-state index in [0.717, 1.165) is 123 Å². The van der Waals surface area contributed by atoms with Crippen LogP contribution in [0, 0.1) is 0 Å². The minimum Gasteiger partial charge on any atom is -0.497 e. The van der Waals surface area contributed by atoms with Crippen molar-refractivity contribution in [2.45, 2.75) is 0 Å². The lowest BCUT2D eigenvalue weighted by molar-refractivity contribution is 0.414. The minimum atomic E-state index is 0.780. The summed E-state index contributed by atoms with van der Waals surface area (Å²) in [6.07, 6.45) is 8.51. The summed E-state index contributed by atoms with van der Waals surface area (Å²) >= 11 is 0. The van der Waals surface area contributed by atoms with Crippen LogP contribution in [-0.4, -0.2) is 44.8 Å². The van der Waals surface area contributed by atoms with Crippen LogP contribution in [0.3, 0.4) is 0 Å². The van der Waals surface area contributed by atoms with Gasteiger partial charge in [-0.05, 0) is 136 Å². The van der Waals surface area contributed by atoms with Gasteiger partial charge in [0.15, 0.2) is 0 Å². The molecule has 0 atom stereocenters. The van der Waals surface area contributed by atoms with Crippen molar-refractivity contribution in [3.05, 3.63) is 225 Å². The van der Waals surface area contributed by atoms with Gasteiger partial charge < -0.3 is 23.9 Å². The SMILES string of the molecule is COc1ccc(C2=C3C=CC(=N3)C(c3ccc(OC)cc3)=c3ccc([nH]3)=C(c3ccc(OC)cc3)C3=NC(=C(c4ccc(OC)cc4)c4cc2c2cccccc4-2)C=C3)cc1. The van der Waals surface area contributed by atoms with Gasteiger partial charge in [-0.25, -0.2) is 9.98 Å². The molecule has 7 heteroatoms. The van der Waals surface area contributed by atoms with E-state index in [-0.39, 0.29) is 0 Å². The van der Waals surface area contributed by atoms with Crippen LogP contribution < -0.4 is 29.6 Å². The topological polar surface area (TPSA) is 77.4 Å². The molecule has 1 aromatic heterocycles. The first kappa shape index (κ1) is 37.4. The van der Waals surface area contributed by atoms with Gasteiger partial charge in [0.1, 0.15) is 23.0 Å². The highest BCUT2D eigenvalue weighted by Crippen LogP contribution is 2.46. The Balaban J connectivity index is 1.36. The van der Waals surface area contributed by atoms with Crippen LogP contribution in [0.15, 0.2) is 191 Å². The van der Waals surface area contributed by atoms with Crippen LogP contribution in [0.1, 0.15) is 33.4 Å². The van der Waals surface area contributed by atoms with Crippen LogP contribution in [0.5, 0.6) is 23.0 Å². The molecule has 0 radical (unpaired) electrons. The van der Waals surface area contributed by atoms with E-state index in [2.05, 4.69) is 126 Å². The number of methoxy groups -OCH3 is 4. The lowest BCUT2D eigenvalue weighted by Gasteiger charge is -2.12. The second-order valence-corrected chi connectivity index (χ2v) is 14.8. The first-order chi connectivity index (χ1) is 30.0. The molecule has 5 aliphatic rings. The number of aromatic nitrogens is 1. The van der Waals surface area contributed by atoms with Crippen molar-refractivity contribution in [2.24, 2.45) is 9.98 Å². The molecule has 3 aliphatic heterocycles. The van der Waals surface area contributed by atoms with Gasteiger partial charge in [0.25, 0.3) is 0 Å². The van der Waals surface area contributed by atoms with Gasteiger partial charge in [-0.2, -0.15) is 0 Å². The summed E-state index contributed by atoms with van der Waals surface area (Å²) in [4.78, 5) is 14.9. The Morgan fingerprint density at radius 2 is 0.689 bits per heavy atom. The maximum Gasteiger partial charge on any atom is 0.118 e. The standard InChI is InChI=1S/C54H41N3O4/c1-58-37-18-10-33(11-19-37)51-43-32-44(42-9-7-5-6-8-41(42)43)52(34-12-20-38(59-2)21-13-34)46-27-29-48(56-46)54(36-16-24-40(61-4)25-17-36)50-31-30-49(57-50)53(47-28-26-45(51)55-47)35-14-22-39(60-3)23-15-35/h5-32,57H,1-4H3. The summed E-state index contributed by atoms with van der Waals surface area (Å²) in [6.45, 7) is 0. The number of benzene rings is 4. The van der Waals surface area contributed by atoms with Gasteiger partial charge in [-0.15, -0.1) is 0 Å². The summed E-state index contributed by atoms with van der Waals surface area (Å²) in [7, 11) is 6.75. The number of allylic oxidation sites excluding steroid dienone is 4. The summed E-state index contributed by atoms with van der Waals surface area (Å²) in [5.41, 5.74) is 15.6. The quantitative estimate of drug-likeness (QED) is 0.166. The number of aromatic amines is 1. The molecular weight excluding hydrogens is 755 g/mol. The van der Waals surface area contributed by atoms with Gasteiger partial charge >= 0.3 is 0 Å². The largest absolute Gasteiger partial charge is 0.497 e. The Labute approximate surface area is 354 Å². The predicted octanol–water partition coefficient (Wildman–Crippen LogP) is 9.81. The Kier molecular flexibility index (Phi) is 9.62. The second kappa shape index (κ2) is 15.7. The van der Waals surface area contributed by atoms with Crippen LogP contribution in [0.4, 0.5) is 0 Å². The maximum absolute atomic E-state index is 5.62. The number of hydrogen-bond acceptors (Lipinski definition) is 6. The number of nitrogens with one attached hydrogen (secondary N) is 1. The predicted molar refractivity (Wildman–Crippen MR) is 245 cm³/mol. The summed E-state index contributed by atoms with van der Waals surface area (Å²) in [5, 5.41) is 1.83. The summed E-state index contributed by atoms with van der Waals surface area (Å²) in [5.74, 6) is 3.12. The minimum absolute atomic E-state index is 0.780. The normalized spacial score (nSPS) is 14.4. The zero-order valence-corrected chi connectivity index (χ0v) is 34.2. The zero-order valence-electron chi connectivity index (χ0n) is 34.2. The van der Waals surface area contributed by atoms with Crippen LogP contribution >= 0.6 is 0 Å². The maximum atomic E-state index is 5.62. The number of fused-ring (bicyclic) bond motifs is 9. The van der Waals surface area contributed by atoms with Gasteiger partial charge in [-0.3, -0.25) is 0 Å². The van der Waals surface area contributed by atoms with Crippen molar-refractivity contribution in [1.82, 2.24) is 4.98 Å². The van der Waals surface area contributed by atoms with Crippen LogP contribution in [0.2, 0.25) is 0 Å².